The first-order chi connectivity index (χ1) is 6.47. The Morgan fingerprint density at radius 2 is 2.21 bits per heavy atom. The number of amides is 1. The Morgan fingerprint density at radius 1 is 1.64 bits per heavy atom. The van der Waals surface area contributed by atoms with Gasteiger partial charge in [-0.25, -0.2) is 0 Å². The molecule has 14 heavy (non-hydrogen) atoms. The summed E-state index contributed by atoms with van der Waals surface area (Å²) in [5.74, 6) is -1.88. The van der Waals surface area contributed by atoms with E-state index in [4.69, 9.17) is 0 Å². The van der Waals surface area contributed by atoms with Crippen molar-refractivity contribution in [2.75, 3.05) is 11.5 Å². The Hall–Kier alpha value is -1.17. The van der Waals surface area contributed by atoms with Gasteiger partial charge in [0, 0.05) is 29.2 Å². The average molecular weight is 218 g/mol. The molecule has 0 aliphatic rings. The van der Waals surface area contributed by atoms with Crippen molar-refractivity contribution in [3.63, 3.8) is 0 Å². The fraction of sp³-hybridized carbons (Fsp3) is 0.500. The molecule has 0 heterocycles. The predicted molar refractivity (Wildman–Crippen MR) is 50.7 cm³/mol. The van der Waals surface area contributed by atoms with Crippen LogP contribution in [0.5, 0.6) is 0 Å². The highest BCUT2D eigenvalue weighted by Gasteiger charge is 2.13. The summed E-state index contributed by atoms with van der Waals surface area (Å²) in [7, 11) is -1.34. The smallest absolute Gasteiger partial charge is 0.217 e. The number of carbonyl (C=O) groups excluding carboxylic acids is 2. The number of carbonyl (C=O) groups is 2. The number of aliphatic carboxylic acids is 1. The molecule has 5 nitrogen and oxygen atoms in total. The van der Waals surface area contributed by atoms with E-state index in [0.717, 1.165) is 0 Å². The number of carboxylic acids is 1. The van der Waals surface area contributed by atoms with Crippen LogP contribution in [0, 0.1) is 0 Å². The fourth-order valence-corrected chi connectivity index (χ4v) is 1.79. The van der Waals surface area contributed by atoms with E-state index >= 15 is 0 Å². The van der Waals surface area contributed by atoms with Crippen LogP contribution in [0.2, 0.25) is 0 Å². The largest absolute Gasteiger partial charge is 0.548 e. The topological polar surface area (TPSA) is 86.3 Å². The standard InChI is InChI=1S/C8H13NO4S/c1-3-4-14(13)5-7(8(11)12)9-6(2)10/h3,7H,1,4-5H2,2H3,(H,9,10)(H,11,12)/p-1/t7-,14-/m0/s1. The summed E-state index contributed by atoms with van der Waals surface area (Å²) in [4.78, 5) is 21.1. The lowest BCUT2D eigenvalue weighted by atomic mass is 10.3. The molecule has 0 aromatic rings. The first kappa shape index (κ1) is 12.8. The second-order valence-electron chi connectivity index (χ2n) is 2.63. The van der Waals surface area contributed by atoms with Crippen molar-refractivity contribution in [1.82, 2.24) is 5.32 Å². The molecule has 0 saturated carbocycles. The molecule has 0 fully saturated rings. The highest BCUT2D eigenvalue weighted by atomic mass is 32.2. The molecule has 0 unspecified atom stereocenters. The Bertz CT molecular complexity index is 264. The maximum Gasteiger partial charge on any atom is 0.217 e. The van der Waals surface area contributed by atoms with Crippen molar-refractivity contribution in [3.05, 3.63) is 12.7 Å². The minimum absolute atomic E-state index is 0.159. The molecule has 80 valence electrons. The normalized spacial score (nSPS) is 14.1. The van der Waals surface area contributed by atoms with Crippen molar-refractivity contribution >= 4 is 22.7 Å². The maximum atomic E-state index is 11.1. The SMILES string of the molecule is C=CC[S@](=O)C[C@H](NC(C)=O)C(=O)[O-]. The average Bonchev–Trinajstić information content (AvgIpc) is 2.02. The zero-order chi connectivity index (χ0) is 11.1. The molecule has 6 heteroatoms. The zero-order valence-corrected chi connectivity index (χ0v) is 8.63. The maximum absolute atomic E-state index is 11.1. The summed E-state index contributed by atoms with van der Waals surface area (Å²) in [6.07, 6.45) is 1.43. The van der Waals surface area contributed by atoms with Crippen molar-refractivity contribution in [1.29, 1.82) is 0 Å². The Balaban J connectivity index is 4.22. The van der Waals surface area contributed by atoms with Gasteiger partial charge in [0.25, 0.3) is 0 Å². The first-order valence-electron chi connectivity index (χ1n) is 3.91. The molecule has 1 N–H and O–H groups in total. The Morgan fingerprint density at radius 3 is 2.57 bits per heavy atom. The Kier molecular flexibility index (Phi) is 5.78. The second kappa shape index (κ2) is 6.31. The minimum Gasteiger partial charge on any atom is -0.548 e. The highest BCUT2D eigenvalue weighted by Crippen LogP contribution is 1.90. The van der Waals surface area contributed by atoms with Crippen molar-refractivity contribution in [3.8, 4) is 0 Å². The van der Waals surface area contributed by atoms with Gasteiger partial charge in [-0.2, -0.15) is 0 Å². The van der Waals surface area contributed by atoms with E-state index in [9.17, 15) is 18.9 Å². The van der Waals surface area contributed by atoms with Gasteiger partial charge < -0.3 is 15.2 Å². The van der Waals surface area contributed by atoms with Crippen molar-refractivity contribution < 1.29 is 18.9 Å². The molecule has 0 aliphatic carbocycles. The monoisotopic (exact) mass is 218 g/mol. The van der Waals surface area contributed by atoms with Crippen LogP contribution in [0.3, 0.4) is 0 Å². The van der Waals surface area contributed by atoms with Crippen LogP contribution < -0.4 is 10.4 Å². The van der Waals surface area contributed by atoms with Gasteiger partial charge in [0.05, 0.1) is 12.0 Å². The number of rotatable bonds is 6. The predicted octanol–water partition coefficient (Wildman–Crippen LogP) is -1.82. The summed E-state index contributed by atoms with van der Waals surface area (Å²) in [5, 5.41) is 12.6. The van der Waals surface area contributed by atoms with Gasteiger partial charge in [-0.05, 0) is 0 Å². The number of nitrogens with one attached hydrogen (secondary N) is 1. The fourth-order valence-electron chi connectivity index (χ4n) is 0.799. The van der Waals surface area contributed by atoms with Gasteiger partial charge in [0.1, 0.15) is 0 Å². The van der Waals surface area contributed by atoms with Gasteiger partial charge in [-0.1, -0.05) is 6.08 Å². The van der Waals surface area contributed by atoms with E-state index in [1.165, 1.54) is 13.0 Å². The van der Waals surface area contributed by atoms with Crippen molar-refractivity contribution in [2.24, 2.45) is 0 Å². The number of carboxylic acid groups (broad SMARTS) is 1. The van der Waals surface area contributed by atoms with Crippen LogP contribution in [0.25, 0.3) is 0 Å². The van der Waals surface area contributed by atoms with E-state index in [1.54, 1.807) is 0 Å². The summed E-state index contributed by atoms with van der Waals surface area (Å²) < 4.78 is 11.1. The lowest BCUT2D eigenvalue weighted by molar-refractivity contribution is -0.307. The molecule has 0 radical (unpaired) electrons. The molecule has 0 saturated heterocycles. The highest BCUT2D eigenvalue weighted by molar-refractivity contribution is 7.85. The van der Waals surface area contributed by atoms with Crippen LogP contribution in [-0.2, 0) is 20.4 Å². The number of hydrogen-bond acceptors (Lipinski definition) is 4. The molecule has 0 rings (SSSR count). The molecule has 2 atom stereocenters. The second-order valence-corrected chi connectivity index (χ2v) is 4.18. The quantitative estimate of drug-likeness (QED) is 0.532. The Labute approximate surface area is 84.6 Å². The summed E-state index contributed by atoms with van der Waals surface area (Å²) in [6, 6.07) is -1.20. The van der Waals surface area contributed by atoms with Gasteiger partial charge in [0.2, 0.25) is 5.91 Å². The van der Waals surface area contributed by atoms with Gasteiger partial charge >= 0.3 is 0 Å². The lowest BCUT2D eigenvalue weighted by Crippen LogP contribution is -2.50. The summed E-state index contributed by atoms with van der Waals surface area (Å²) in [5.41, 5.74) is 0. The lowest BCUT2D eigenvalue weighted by Gasteiger charge is -2.17. The van der Waals surface area contributed by atoms with E-state index in [-0.39, 0.29) is 11.5 Å². The third-order valence-electron chi connectivity index (χ3n) is 1.32. The van der Waals surface area contributed by atoms with Crippen LogP contribution in [-0.4, -0.2) is 33.6 Å². The van der Waals surface area contributed by atoms with Gasteiger partial charge in [-0.3, -0.25) is 9.00 Å². The summed E-state index contributed by atoms with van der Waals surface area (Å²) in [6.45, 7) is 4.56. The van der Waals surface area contributed by atoms with E-state index < -0.39 is 28.7 Å². The van der Waals surface area contributed by atoms with E-state index in [2.05, 4.69) is 11.9 Å². The third kappa shape index (κ3) is 5.47. The van der Waals surface area contributed by atoms with E-state index in [0.29, 0.717) is 0 Å². The molecule has 0 bridgehead atoms. The molecular formula is C8H12NO4S-. The van der Waals surface area contributed by atoms with Crippen LogP contribution >= 0.6 is 0 Å². The number of hydrogen-bond donors (Lipinski definition) is 1. The van der Waals surface area contributed by atoms with Crippen LogP contribution in [0.15, 0.2) is 12.7 Å². The molecule has 0 aromatic heterocycles. The molecule has 1 amide bonds. The molecular weight excluding hydrogens is 206 g/mol. The summed E-state index contributed by atoms with van der Waals surface area (Å²) >= 11 is 0. The first-order valence-corrected chi connectivity index (χ1v) is 5.40. The van der Waals surface area contributed by atoms with Gasteiger partial charge in [-0.15, -0.1) is 6.58 Å². The van der Waals surface area contributed by atoms with Crippen LogP contribution in [0.4, 0.5) is 0 Å². The molecule has 0 spiro atoms. The van der Waals surface area contributed by atoms with E-state index in [1.807, 2.05) is 0 Å². The third-order valence-corrected chi connectivity index (χ3v) is 2.63. The molecule has 0 aliphatic heterocycles. The van der Waals surface area contributed by atoms with Crippen LogP contribution in [0.1, 0.15) is 6.92 Å². The minimum atomic E-state index is -1.43. The zero-order valence-electron chi connectivity index (χ0n) is 7.82. The van der Waals surface area contributed by atoms with Crippen molar-refractivity contribution in [2.45, 2.75) is 13.0 Å². The molecule has 0 aromatic carbocycles. The van der Waals surface area contributed by atoms with Gasteiger partial charge in [0.15, 0.2) is 0 Å².